The van der Waals surface area contributed by atoms with Crippen LogP contribution in [0.15, 0.2) is 36.4 Å². The van der Waals surface area contributed by atoms with E-state index < -0.39 is 0 Å². The van der Waals surface area contributed by atoms with Gasteiger partial charge in [0.1, 0.15) is 0 Å². The van der Waals surface area contributed by atoms with Crippen molar-refractivity contribution in [2.45, 2.75) is 25.8 Å². The SMILES string of the molecule is CCc1cc(C(Cc2ccccc2)NN)n(C)n1. The number of benzene rings is 1. The van der Waals surface area contributed by atoms with Crippen LogP contribution in [-0.2, 0) is 19.9 Å². The summed E-state index contributed by atoms with van der Waals surface area (Å²) in [5.41, 5.74) is 6.37. The molecule has 96 valence electrons. The van der Waals surface area contributed by atoms with Gasteiger partial charge in [0, 0.05) is 7.05 Å². The molecule has 2 aromatic rings. The average molecular weight is 244 g/mol. The Labute approximate surface area is 108 Å². The van der Waals surface area contributed by atoms with Gasteiger partial charge in [-0.1, -0.05) is 37.3 Å². The molecule has 4 nitrogen and oxygen atoms in total. The van der Waals surface area contributed by atoms with Crippen LogP contribution in [0, 0.1) is 0 Å². The van der Waals surface area contributed by atoms with E-state index in [4.69, 9.17) is 5.84 Å². The molecule has 2 rings (SSSR count). The van der Waals surface area contributed by atoms with E-state index in [9.17, 15) is 0 Å². The Hall–Kier alpha value is -1.65. The zero-order chi connectivity index (χ0) is 13.0. The maximum Gasteiger partial charge on any atom is 0.0669 e. The van der Waals surface area contributed by atoms with Gasteiger partial charge in [-0.25, -0.2) is 0 Å². The van der Waals surface area contributed by atoms with Crippen molar-refractivity contribution < 1.29 is 0 Å². The molecule has 1 unspecified atom stereocenters. The van der Waals surface area contributed by atoms with Crippen molar-refractivity contribution in [3.8, 4) is 0 Å². The predicted molar refractivity (Wildman–Crippen MR) is 72.8 cm³/mol. The normalized spacial score (nSPS) is 12.6. The molecular weight excluding hydrogens is 224 g/mol. The molecule has 0 amide bonds. The van der Waals surface area contributed by atoms with Crippen molar-refractivity contribution in [2.75, 3.05) is 0 Å². The van der Waals surface area contributed by atoms with Crippen molar-refractivity contribution in [2.24, 2.45) is 12.9 Å². The van der Waals surface area contributed by atoms with E-state index in [1.54, 1.807) is 0 Å². The predicted octanol–water partition coefficient (Wildman–Crippen LogP) is 1.73. The summed E-state index contributed by atoms with van der Waals surface area (Å²) in [7, 11) is 1.96. The first kappa shape index (κ1) is 12.8. The minimum Gasteiger partial charge on any atom is -0.271 e. The van der Waals surface area contributed by atoms with E-state index in [2.05, 4.69) is 35.6 Å². The number of rotatable bonds is 5. The van der Waals surface area contributed by atoms with Crippen LogP contribution < -0.4 is 11.3 Å². The average Bonchev–Trinajstić information content (AvgIpc) is 2.78. The fourth-order valence-corrected chi connectivity index (χ4v) is 2.14. The first-order chi connectivity index (χ1) is 8.74. The second kappa shape index (κ2) is 5.80. The standard InChI is InChI=1S/C14H20N4/c1-3-12-10-14(18(2)17-12)13(16-15)9-11-7-5-4-6-8-11/h4-8,10,13,16H,3,9,15H2,1-2H3. The number of aryl methyl sites for hydroxylation is 2. The van der Waals surface area contributed by atoms with Gasteiger partial charge in [-0.05, 0) is 24.5 Å². The van der Waals surface area contributed by atoms with Crippen LogP contribution in [0.3, 0.4) is 0 Å². The fraction of sp³-hybridized carbons (Fsp3) is 0.357. The minimum atomic E-state index is 0.0881. The van der Waals surface area contributed by atoms with Crippen molar-refractivity contribution in [3.05, 3.63) is 53.3 Å². The van der Waals surface area contributed by atoms with E-state index in [1.165, 1.54) is 5.56 Å². The fourth-order valence-electron chi connectivity index (χ4n) is 2.14. The molecule has 0 saturated heterocycles. The zero-order valence-corrected chi connectivity index (χ0v) is 10.9. The molecular formula is C14H20N4. The second-order valence-electron chi connectivity index (χ2n) is 4.45. The lowest BCUT2D eigenvalue weighted by Gasteiger charge is -2.16. The molecule has 1 atom stereocenters. The molecule has 1 heterocycles. The number of hydrogen-bond acceptors (Lipinski definition) is 3. The third kappa shape index (κ3) is 2.78. The highest BCUT2D eigenvalue weighted by molar-refractivity contribution is 5.21. The Balaban J connectivity index is 2.20. The van der Waals surface area contributed by atoms with Crippen LogP contribution in [0.25, 0.3) is 0 Å². The lowest BCUT2D eigenvalue weighted by atomic mass is 10.0. The number of nitrogens with two attached hydrogens (primary N) is 1. The number of nitrogens with one attached hydrogen (secondary N) is 1. The van der Waals surface area contributed by atoms with Crippen LogP contribution in [0.2, 0.25) is 0 Å². The first-order valence-corrected chi connectivity index (χ1v) is 6.27. The molecule has 0 radical (unpaired) electrons. The highest BCUT2D eigenvalue weighted by Crippen LogP contribution is 2.18. The minimum absolute atomic E-state index is 0.0881. The summed E-state index contributed by atoms with van der Waals surface area (Å²) < 4.78 is 1.91. The van der Waals surface area contributed by atoms with Gasteiger partial charge in [-0.15, -0.1) is 0 Å². The molecule has 0 saturated carbocycles. The summed E-state index contributed by atoms with van der Waals surface area (Å²) in [4.78, 5) is 0. The van der Waals surface area contributed by atoms with Crippen LogP contribution in [0.1, 0.15) is 29.9 Å². The molecule has 0 spiro atoms. The summed E-state index contributed by atoms with van der Waals surface area (Å²) >= 11 is 0. The lowest BCUT2D eigenvalue weighted by molar-refractivity contribution is 0.508. The summed E-state index contributed by atoms with van der Waals surface area (Å²) in [6.07, 6.45) is 1.80. The van der Waals surface area contributed by atoms with Gasteiger partial charge >= 0.3 is 0 Å². The highest BCUT2D eigenvalue weighted by Gasteiger charge is 2.15. The van der Waals surface area contributed by atoms with Crippen LogP contribution in [0.5, 0.6) is 0 Å². The third-order valence-corrected chi connectivity index (χ3v) is 3.17. The van der Waals surface area contributed by atoms with Crippen molar-refractivity contribution in [3.63, 3.8) is 0 Å². The molecule has 3 N–H and O–H groups in total. The van der Waals surface area contributed by atoms with E-state index in [1.807, 2.05) is 29.9 Å². The van der Waals surface area contributed by atoms with E-state index in [0.29, 0.717) is 0 Å². The third-order valence-electron chi connectivity index (χ3n) is 3.17. The largest absolute Gasteiger partial charge is 0.271 e. The molecule has 1 aromatic heterocycles. The first-order valence-electron chi connectivity index (χ1n) is 6.27. The van der Waals surface area contributed by atoms with Crippen molar-refractivity contribution >= 4 is 0 Å². The van der Waals surface area contributed by atoms with Crippen LogP contribution in [-0.4, -0.2) is 9.78 Å². The molecule has 0 aliphatic carbocycles. The Morgan fingerprint density at radius 3 is 2.61 bits per heavy atom. The molecule has 18 heavy (non-hydrogen) atoms. The van der Waals surface area contributed by atoms with Gasteiger partial charge < -0.3 is 0 Å². The summed E-state index contributed by atoms with van der Waals surface area (Å²) in [6.45, 7) is 2.11. The lowest BCUT2D eigenvalue weighted by Crippen LogP contribution is -2.31. The Kier molecular flexibility index (Phi) is 4.12. The molecule has 0 fully saturated rings. The maximum atomic E-state index is 5.68. The number of hydrazine groups is 1. The van der Waals surface area contributed by atoms with Gasteiger partial charge in [0.2, 0.25) is 0 Å². The number of nitrogens with zero attached hydrogens (tertiary/aromatic N) is 2. The maximum absolute atomic E-state index is 5.68. The number of aromatic nitrogens is 2. The Bertz CT molecular complexity index is 490. The molecule has 1 aromatic carbocycles. The van der Waals surface area contributed by atoms with Gasteiger partial charge in [0.05, 0.1) is 17.4 Å². The highest BCUT2D eigenvalue weighted by atomic mass is 15.3. The van der Waals surface area contributed by atoms with E-state index in [-0.39, 0.29) is 6.04 Å². The topological polar surface area (TPSA) is 55.9 Å². The second-order valence-corrected chi connectivity index (χ2v) is 4.45. The number of hydrogen-bond donors (Lipinski definition) is 2. The van der Waals surface area contributed by atoms with E-state index in [0.717, 1.165) is 24.2 Å². The molecule has 0 aliphatic rings. The molecule has 0 bridgehead atoms. The summed E-state index contributed by atoms with van der Waals surface area (Å²) in [6, 6.07) is 12.5. The van der Waals surface area contributed by atoms with E-state index >= 15 is 0 Å². The molecule has 4 heteroatoms. The summed E-state index contributed by atoms with van der Waals surface area (Å²) in [5.74, 6) is 5.68. The monoisotopic (exact) mass is 244 g/mol. The summed E-state index contributed by atoms with van der Waals surface area (Å²) in [5, 5.41) is 4.46. The van der Waals surface area contributed by atoms with Crippen molar-refractivity contribution in [1.82, 2.24) is 15.2 Å². The van der Waals surface area contributed by atoms with Crippen LogP contribution in [0.4, 0.5) is 0 Å². The van der Waals surface area contributed by atoms with Gasteiger partial charge in [0.15, 0.2) is 0 Å². The van der Waals surface area contributed by atoms with Crippen LogP contribution >= 0.6 is 0 Å². The smallest absolute Gasteiger partial charge is 0.0669 e. The zero-order valence-electron chi connectivity index (χ0n) is 10.9. The van der Waals surface area contributed by atoms with Gasteiger partial charge in [-0.2, -0.15) is 5.10 Å². The van der Waals surface area contributed by atoms with Gasteiger partial charge in [-0.3, -0.25) is 16.0 Å². The Morgan fingerprint density at radius 2 is 2.06 bits per heavy atom. The van der Waals surface area contributed by atoms with Gasteiger partial charge in [0.25, 0.3) is 0 Å². The molecule has 0 aliphatic heterocycles. The quantitative estimate of drug-likeness (QED) is 0.622. The van der Waals surface area contributed by atoms with Crippen molar-refractivity contribution in [1.29, 1.82) is 0 Å². The Morgan fingerprint density at radius 1 is 1.33 bits per heavy atom.